The number of fused-ring (bicyclic) bond motifs is 1. The molecule has 26 heavy (non-hydrogen) atoms. The summed E-state index contributed by atoms with van der Waals surface area (Å²) < 4.78 is 0. The highest BCUT2D eigenvalue weighted by Crippen LogP contribution is 2.35. The highest BCUT2D eigenvalue weighted by Gasteiger charge is 2.36. The smallest absolute Gasteiger partial charge is 0.320 e. The van der Waals surface area contributed by atoms with E-state index in [4.69, 9.17) is 0 Å². The van der Waals surface area contributed by atoms with Gasteiger partial charge in [-0.25, -0.2) is 0 Å². The molecule has 2 unspecified atom stereocenters. The zero-order valence-corrected chi connectivity index (χ0v) is 14.6. The van der Waals surface area contributed by atoms with Gasteiger partial charge in [0.25, 0.3) is 0 Å². The molecule has 4 heteroatoms. The van der Waals surface area contributed by atoms with Gasteiger partial charge in [0.2, 0.25) is 0 Å². The molecule has 1 aliphatic rings. The summed E-state index contributed by atoms with van der Waals surface area (Å²) in [6, 6.07) is 20.1. The number of carboxylic acids is 1. The second-order valence-corrected chi connectivity index (χ2v) is 6.84. The Morgan fingerprint density at radius 3 is 2.73 bits per heavy atom. The number of carboxylic acid groups (broad SMARTS) is 1. The third-order valence-electron chi connectivity index (χ3n) is 5.29. The van der Waals surface area contributed by atoms with Crippen LogP contribution in [0.25, 0.3) is 10.8 Å². The van der Waals surface area contributed by atoms with E-state index in [9.17, 15) is 9.90 Å². The quantitative estimate of drug-likeness (QED) is 0.757. The van der Waals surface area contributed by atoms with Crippen molar-refractivity contribution in [3.63, 3.8) is 0 Å². The van der Waals surface area contributed by atoms with E-state index in [1.54, 1.807) is 6.20 Å². The van der Waals surface area contributed by atoms with Crippen molar-refractivity contribution in [3.8, 4) is 0 Å². The van der Waals surface area contributed by atoms with Crippen molar-refractivity contribution >= 4 is 16.7 Å². The topological polar surface area (TPSA) is 53.4 Å². The van der Waals surface area contributed by atoms with Crippen molar-refractivity contribution in [1.29, 1.82) is 0 Å². The molecule has 0 spiro atoms. The summed E-state index contributed by atoms with van der Waals surface area (Å²) in [5.41, 5.74) is 2.17. The molecule has 1 N–H and O–H groups in total. The summed E-state index contributed by atoms with van der Waals surface area (Å²) in [6.45, 7) is 0.803. The summed E-state index contributed by atoms with van der Waals surface area (Å²) >= 11 is 0. The van der Waals surface area contributed by atoms with Crippen LogP contribution in [0.3, 0.4) is 0 Å². The minimum absolute atomic E-state index is 0.000370. The molecule has 1 aromatic heterocycles. The lowest BCUT2D eigenvalue weighted by Crippen LogP contribution is -2.39. The molecule has 0 aliphatic carbocycles. The third-order valence-corrected chi connectivity index (χ3v) is 5.29. The number of aromatic nitrogens is 1. The Bertz CT molecular complexity index is 905. The monoisotopic (exact) mass is 346 g/mol. The number of hydrogen-bond donors (Lipinski definition) is 1. The van der Waals surface area contributed by atoms with Crippen molar-refractivity contribution in [2.45, 2.75) is 31.3 Å². The van der Waals surface area contributed by atoms with Crippen LogP contribution in [0.2, 0.25) is 0 Å². The number of rotatable bonds is 5. The summed E-state index contributed by atoms with van der Waals surface area (Å²) in [5, 5.41) is 12.1. The van der Waals surface area contributed by atoms with Crippen LogP contribution in [0.1, 0.15) is 30.1 Å². The molecule has 2 heterocycles. The van der Waals surface area contributed by atoms with Crippen LogP contribution in [0.15, 0.2) is 66.9 Å². The van der Waals surface area contributed by atoms with Crippen LogP contribution in [-0.2, 0) is 11.2 Å². The number of carbonyl (C=O) groups is 1. The largest absolute Gasteiger partial charge is 0.480 e. The van der Waals surface area contributed by atoms with Crippen LogP contribution >= 0.6 is 0 Å². The second-order valence-electron chi connectivity index (χ2n) is 6.84. The number of likely N-dealkylation sites (tertiary alicyclic amines) is 1. The lowest BCUT2D eigenvalue weighted by molar-refractivity contribution is -0.143. The van der Waals surface area contributed by atoms with Gasteiger partial charge in [-0.2, -0.15) is 0 Å². The third kappa shape index (κ3) is 3.20. The molecule has 1 aliphatic heterocycles. The second kappa shape index (κ2) is 7.26. The van der Waals surface area contributed by atoms with Gasteiger partial charge < -0.3 is 5.11 Å². The highest BCUT2D eigenvalue weighted by atomic mass is 16.4. The molecular weight excluding hydrogens is 324 g/mol. The molecular formula is C22H22N2O2. The first-order valence-corrected chi connectivity index (χ1v) is 9.10. The lowest BCUT2D eigenvalue weighted by Gasteiger charge is -2.32. The maximum absolute atomic E-state index is 11.8. The van der Waals surface area contributed by atoms with E-state index in [0.717, 1.165) is 18.7 Å². The Kier molecular flexibility index (Phi) is 4.67. The first-order valence-electron chi connectivity index (χ1n) is 9.10. The predicted molar refractivity (Wildman–Crippen MR) is 102 cm³/mol. The molecule has 0 saturated carbocycles. The Morgan fingerprint density at radius 2 is 1.92 bits per heavy atom. The Hall–Kier alpha value is -2.72. The van der Waals surface area contributed by atoms with E-state index < -0.39 is 12.0 Å². The molecule has 0 radical (unpaired) electrons. The average molecular weight is 346 g/mol. The molecule has 2 atom stereocenters. The first kappa shape index (κ1) is 16.7. The fraction of sp³-hybridized carbons (Fsp3) is 0.273. The fourth-order valence-corrected chi connectivity index (χ4v) is 4.09. The van der Waals surface area contributed by atoms with Crippen molar-refractivity contribution in [2.24, 2.45) is 0 Å². The average Bonchev–Trinajstić information content (AvgIpc) is 3.16. The fourth-order valence-electron chi connectivity index (χ4n) is 4.09. The SMILES string of the molecule is O=C(O)C1CCCN1C(Cc1ccccn1)c1cccc2ccccc12. The van der Waals surface area contributed by atoms with E-state index in [0.29, 0.717) is 12.8 Å². The van der Waals surface area contributed by atoms with Gasteiger partial charge in [-0.15, -0.1) is 0 Å². The minimum atomic E-state index is -0.728. The maximum atomic E-state index is 11.8. The number of hydrogen-bond acceptors (Lipinski definition) is 3. The van der Waals surface area contributed by atoms with Crippen LogP contribution in [0, 0.1) is 0 Å². The van der Waals surface area contributed by atoms with Crippen LogP contribution in [0.5, 0.6) is 0 Å². The van der Waals surface area contributed by atoms with Gasteiger partial charge in [-0.1, -0.05) is 48.5 Å². The molecule has 132 valence electrons. The number of nitrogens with zero attached hydrogens (tertiary/aromatic N) is 2. The lowest BCUT2D eigenvalue weighted by atomic mass is 9.93. The number of pyridine rings is 1. The maximum Gasteiger partial charge on any atom is 0.320 e. The van der Waals surface area contributed by atoms with Gasteiger partial charge in [0.1, 0.15) is 6.04 Å². The van der Waals surface area contributed by atoms with Crippen LogP contribution in [-0.4, -0.2) is 33.5 Å². The molecule has 2 aromatic carbocycles. The van der Waals surface area contributed by atoms with Crippen LogP contribution in [0.4, 0.5) is 0 Å². The van der Waals surface area contributed by atoms with E-state index in [1.807, 2.05) is 30.3 Å². The number of aliphatic carboxylic acids is 1. The van der Waals surface area contributed by atoms with Crippen molar-refractivity contribution in [1.82, 2.24) is 9.88 Å². The summed E-state index contributed by atoms with van der Waals surface area (Å²) in [7, 11) is 0. The van der Waals surface area contributed by atoms with E-state index in [1.165, 1.54) is 16.3 Å². The zero-order valence-electron chi connectivity index (χ0n) is 14.6. The van der Waals surface area contributed by atoms with Gasteiger partial charge in [-0.05, 0) is 47.9 Å². The predicted octanol–water partition coefficient (Wildman–Crippen LogP) is 4.07. The van der Waals surface area contributed by atoms with Crippen molar-refractivity contribution < 1.29 is 9.90 Å². The minimum Gasteiger partial charge on any atom is -0.480 e. The molecule has 4 rings (SSSR count). The van der Waals surface area contributed by atoms with Crippen molar-refractivity contribution in [3.05, 3.63) is 78.1 Å². The standard InChI is InChI=1S/C22H22N2O2/c25-22(26)20-12-6-14-24(20)21(15-17-9-3-4-13-23-17)19-11-5-8-16-7-1-2-10-18(16)19/h1-5,7-11,13,20-21H,6,12,14-15H2,(H,25,26). The van der Waals surface area contributed by atoms with E-state index in [-0.39, 0.29) is 6.04 Å². The molecule has 0 amide bonds. The van der Waals surface area contributed by atoms with Gasteiger partial charge in [-0.3, -0.25) is 14.7 Å². The van der Waals surface area contributed by atoms with E-state index >= 15 is 0 Å². The molecule has 4 nitrogen and oxygen atoms in total. The molecule has 1 saturated heterocycles. The summed E-state index contributed by atoms with van der Waals surface area (Å²) in [5.74, 6) is -0.728. The Balaban J connectivity index is 1.80. The molecule has 1 fully saturated rings. The Labute approximate surface area is 153 Å². The van der Waals surface area contributed by atoms with Gasteiger partial charge >= 0.3 is 5.97 Å². The summed E-state index contributed by atoms with van der Waals surface area (Å²) in [6.07, 6.45) is 4.13. The van der Waals surface area contributed by atoms with Gasteiger partial charge in [0.15, 0.2) is 0 Å². The van der Waals surface area contributed by atoms with E-state index in [2.05, 4.69) is 40.2 Å². The van der Waals surface area contributed by atoms with Crippen molar-refractivity contribution in [2.75, 3.05) is 6.54 Å². The van der Waals surface area contributed by atoms with Crippen LogP contribution < -0.4 is 0 Å². The molecule has 3 aromatic rings. The molecule has 0 bridgehead atoms. The first-order chi connectivity index (χ1) is 12.7. The summed E-state index contributed by atoms with van der Waals surface area (Å²) in [4.78, 5) is 18.4. The number of benzene rings is 2. The highest BCUT2D eigenvalue weighted by molar-refractivity contribution is 5.86. The Morgan fingerprint density at radius 1 is 1.12 bits per heavy atom. The normalized spacial score (nSPS) is 18.8. The zero-order chi connectivity index (χ0) is 17.9. The van der Waals surface area contributed by atoms with Gasteiger partial charge in [0.05, 0.1) is 0 Å². The van der Waals surface area contributed by atoms with Gasteiger partial charge in [0, 0.05) is 24.4 Å².